The third kappa shape index (κ3) is 10.0. The summed E-state index contributed by atoms with van der Waals surface area (Å²) in [5.41, 5.74) is 6.73. The quantitative estimate of drug-likeness (QED) is 0.196. The summed E-state index contributed by atoms with van der Waals surface area (Å²) in [4.78, 5) is 31.5. The number of aromatic nitrogens is 1. The lowest BCUT2D eigenvalue weighted by atomic mass is 9.86. The molecule has 250 valence electrons. The number of hydrogen-bond donors (Lipinski definition) is 3. The smallest absolute Gasteiger partial charge is 0.319 e. The summed E-state index contributed by atoms with van der Waals surface area (Å²) in [6.07, 6.45) is 7.51. The van der Waals surface area contributed by atoms with Crippen LogP contribution in [0, 0.1) is 18.7 Å². The molecule has 0 spiro atoms. The molecule has 4 N–H and O–H groups in total. The molecule has 1 aliphatic rings. The summed E-state index contributed by atoms with van der Waals surface area (Å²) in [5, 5.41) is 5.69. The molecule has 0 bridgehead atoms. The first-order valence-corrected chi connectivity index (χ1v) is 17.1. The van der Waals surface area contributed by atoms with E-state index in [1.165, 1.54) is 12.3 Å². The number of anilines is 1. The van der Waals surface area contributed by atoms with Gasteiger partial charge >= 0.3 is 6.03 Å². The summed E-state index contributed by atoms with van der Waals surface area (Å²) in [5.74, 6) is -0.562. The first-order valence-electron chi connectivity index (χ1n) is 14.9. The average molecular weight is 697 g/mol. The molecule has 46 heavy (non-hydrogen) atoms. The second-order valence-corrected chi connectivity index (χ2v) is 13.9. The highest BCUT2D eigenvalue weighted by Crippen LogP contribution is 2.29. The van der Waals surface area contributed by atoms with Gasteiger partial charge in [0.25, 0.3) is 5.91 Å². The maximum Gasteiger partial charge on any atom is 0.319 e. The number of rotatable bonds is 12. The number of urea groups is 1. The molecule has 3 amide bonds. The minimum atomic E-state index is -3.30. The molecule has 14 heteroatoms. The number of piperidine rings is 1. The number of benzene rings is 2. The lowest BCUT2D eigenvalue weighted by Gasteiger charge is -2.36. The molecule has 1 unspecified atom stereocenters. The van der Waals surface area contributed by atoms with E-state index in [2.05, 4.69) is 27.4 Å². The van der Waals surface area contributed by atoms with E-state index in [1.807, 2.05) is 6.07 Å². The molecule has 4 rings (SSSR count). The van der Waals surface area contributed by atoms with Crippen molar-refractivity contribution in [3.8, 4) is 11.6 Å². The Balaban J connectivity index is 0.00000576. The fourth-order valence-corrected chi connectivity index (χ4v) is 6.33. The van der Waals surface area contributed by atoms with Gasteiger partial charge in [0.15, 0.2) is 9.84 Å². The maximum absolute atomic E-state index is 14.0. The number of primary amides is 1. The maximum atomic E-state index is 14.0. The van der Waals surface area contributed by atoms with Gasteiger partial charge in [-0.3, -0.25) is 9.69 Å². The molecular weight excluding hydrogens is 656 g/mol. The number of nitrogens with one attached hydrogen (secondary N) is 2. The van der Waals surface area contributed by atoms with Crippen molar-refractivity contribution >= 4 is 51.5 Å². The normalized spacial score (nSPS) is 14.6. The van der Waals surface area contributed by atoms with Crippen molar-refractivity contribution in [3.05, 3.63) is 76.2 Å². The molecule has 10 nitrogen and oxygen atoms in total. The average Bonchev–Trinajstić information content (AvgIpc) is 2.98. The summed E-state index contributed by atoms with van der Waals surface area (Å²) in [6, 6.07) is 10.1. The number of aryl methyl sites for hydroxylation is 1. The number of hydrogen-bond acceptors (Lipinski definition) is 7. The SMILES string of the molecule is CCCCC(NC(=O)Nc1cc(C(N)=O)c(F)cc1Cl)C1CCN(Cc2ccc(Oc3ccc(S(C)(=O)=O)cc3C)nc2)CC1.Cl. The summed E-state index contributed by atoms with van der Waals surface area (Å²) < 4.78 is 43.5. The van der Waals surface area contributed by atoms with E-state index in [0.717, 1.165) is 69.4 Å². The fourth-order valence-electron chi connectivity index (χ4n) is 5.43. The fraction of sp³-hybridized carbons (Fsp3) is 0.406. The van der Waals surface area contributed by atoms with E-state index >= 15 is 0 Å². The number of halogens is 3. The van der Waals surface area contributed by atoms with E-state index in [0.29, 0.717) is 17.2 Å². The van der Waals surface area contributed by atoms with Crippen LogP contribution in [0.1, 0.15) is 60.5 Å². The molecule has 1 fully saturated rings. The van der Waals surface area contributed by atoms with Gasteiger partial charge in [-0.05, 0) is 86.7 Å². The Hall–Kier alpha value is -3.45. The second kappa shape index (κ2) is 16.4. The van der Waals surface area contributed by atoms with Gasteiger partial charge in [0.1, 0.15) is 11.6 Å². The zero-order valence-corrected chi connectivity index (χ0v) is 28.4. The molecule has 1 atom stereocenters. The van der Waals surface area contributed by atoms with Gasteiger partial charge in [0.05, 0.1) is 21.2 Å². The predicted octanol–water partition coefficient (Wildman–Crippen LogP) is 6.49. The topological polar surface area (TPSA) is 144 Å². The van der Waals surface area contributed by atoms with Crippen LogP contribution in [0.2, 0.25) is 5.02 Å². The van der Waals surface area contributed by atoms with Gasteiger partial charge < -0.3 is 21.1 Å². The van der Waals surface area contributed by atoms with Crippen molar-refractivity contribution in [1.82, 2.24) is 15.2 Å². The zero-order valence-electron chi connectivity index (χ0n) is 26.0. The number of amides is 3. The van der Waals surface area contributed by atoms with E-state index in [4.69, 9.17) is 22.1 Å². The number of sulfone groups is 1. The Morgan fingerprint density at radius 2 is 1.89 bits per heavy atom. The van der Waals surface area contributed by atoms with E-state index < -0.39 is 27.6 Å². The molecule has 0 radical (unpaired) electrons. The molecule has 2 aromatic carbocycles. The Kier molecular flexibility index (Phi) is 13.2. The Bertz CT molecular complexity index is 1630. The third-order valence-corrected chi connectivity index (χ3v) is 9.37. The molecule has 2 heterocycles. The van der Waals surface area contributed by atoms with Crippen molar-refractivity contribution in [3.63, 3.8) is 0 Å². The molecule has 1 aliphatic heterocycles. The first-order chi connectivity index (χ1) is 21.3. The standard InChI is InChI=1S/C32H39ClFN5O5S.ClH/c1-4-5-6-27(37-32(41)38-28-16-24(31(35)40)26(34)17-25(28)33)22-11-13-39(14-12-22)19-21-7-10-30(36-18-21)44-29-9-8-23(15-20(29)2)45(3,42)43;/h7-10,15-18,22,27H,4-6,11-14,19H2,1-3H3,(H2,35,40)(H2,37,38,41);1H. The number of pyridine rings is 1. The number of likely N-dealkylation sites (tertiary alicyclic amines) is 1. The molecule has 3 aromatic rings. The summed E-state index contributed by atoms with van der Waals surface area (Å²) in [7, 11) is -3.30. The van der Waals surface area contributed by atoms with Gasteiger partial charge in [-0.25, -0.2) is 22.6 Å². The van der Waals surface area contributed by atoms with Crippen LogP contribution in [0.15, 0.2) is 53.6 Å². The minimum Gasteiger partial charge on any atom is -0.439 e. The number of nitrogens with zero attached hydrogens (tertiary/aromatic N) is 2. The van der Waals surface area contributed by atoms with E-state index in [1.54, 1.807) is 31.3 Å². The number of ether oxygens (including phenoxy) is 1. The van der Waals surface area contributed by atoms with Crippen LogP contribution >= 0.6 is 24.0 Å². The third-order valence-electron chi connectivity index (χ3n) is 7.95. The number of carbonyl (C=O) groups excluding carboxylic acids is 2. The first kappa shape index (κ1) is 37.0. The van der Waals surface area contributed by atoms with Gasteiger partial charge in [-0.15, -0.1) is 12.4 Å². The van der Waals surface area contributed by atoms with Crippen LogP contribution in [-0.2, 0) is 16.4 Å². The highest BCUT2D eigenvalue weighted by atomic mass is 35.5. The second-order valence-electron chi connectivity index (χ2n) is 11.4. The van der Waals surface area contributed by atoms with Crippen LogP contribution in [0.25, 0.3) is 0 Å². The van der Waals surface area contributed by atoms with Crippen LogP contribution in [0.3, 0.4) is 0 Å². The van der Waals surface area contributed by atoms with Crippen molar-refractivity contribution < 1.29 is 27.1 Å². The van der Waals surface area contributed by atoms with Gasteiger partial charge in [-0.1, -0.05) is 37.4 Å². The molecule has 1 aromatic heterocycles. The van der Waals surface area contributed by atoms with Crippen molar-refractivity contribution in [2.45, 2.75) is 63.4 Å². The minimum absolute atomic E-state index is 0. The molecule has 0 aliphatic carbocycles. The van der Waals surface area contributed by atoms with Gasteiger partial charge in [-0.2, -0.15) is 0 Å². The van der Waals surface area contributed by atoms with Crippen LogP contribution in [0.4, 0.5) is 14.9 Å². The van der Waals surface area contributed by atoms with E-state index in [9.17, 15) is 22.4 Å². The molecule has 1 saturated heterocycles. The van der Waals surface area contributed by atoms with Crippen LogP contribution < -0.4 is 21.1 Å². The lowest BCUT2D eigenvalue weighted by Crippen LogP contribution is -2.46. The van der Waals surface area contributed by atoms with Crippen molar-refractivity contribution in [2.75, 3.05) is 24.7 Å². The lowest BCUT2D eigenvalue weighted by molar-refractivity contribution is 0.0996. The van der Waals surface area contributed by atoms with Crippen LogP contribution in [0.5, 0.6) is 11.6 Å². The van der Waals surface area contributed by atoms with Crippen LogP contribution in [-0.4, -0.2) is 55.6 Å². The molecule has 0 saturated carbocycles. The van der Waals surface area contributed by atoms with Gasteiger partial charge in [0.2, 0.25) is 5.88 Å². The Morgan fingerprint density at radius 3 is 2.48 bits per heavy atom. The number of carbonyl (C=O) groups is 2. The number of unbranched alkanes of at least 4 members (excludes halogenated alkanes) is 1. The Labute approximate surface area is 280 Å². The monoisotopic (exact) mass is 695 g/mol. The van der Waals surface area contributed by atoms with Gasteiger partial charge in [0, 0.05) is 31.1 Å². The highest BCUT2D eigenvalue weighted by Gasteiger charge is 2.28. The van der Waals surface area contributed by atoms with Crippen molar-refractivity contribution in [1.29, 1.82) is 0 Å². The number of nitrogens with two attached hydrogens (primary N) is 1. The Morgan fingerprint density at radius 1 is 1.17 bits per heavy atom. The predicted molar refractivity (Wildman–Crippen MR) is 179 cm³/mol. The highest BCUT2D eigenvalue weighted by molar-refractivity contribution is 7.90. The zero-order chi connectivity index (χ0) is 32.7. The summed E-state index contributed by atoms with van der Waals surface area (Å²) in [6.45, 7) is 6.32. The molecular formula is C32H40Cl2FN5O5S. The largest absolute Gasteiger partial charge is 0.439 e. The summed E-state index contributed by atoms with van der Waals surface area (Å²) >= 11 is 6.10. The van der Waals surface area contributed by atoms with Crippen molar-refractivity contribution in [2.24, 2.45) is 11.7 Å². The van der Waals surface area contributed by atoms with E-state index in [-0.39, 0.29) is 45.5 Å².